The quantitative estimate of drug-likeness (QED) is 0.503. The van der Waals surface area contributed by atoms with Crippen molar-refractivity contribution in [3.63, 3.8) is 0 Å². The largest absolute Gasteiger partial charge is 0.459 e. The molecule has 1 aromatic heterocycles. The number of nitrogens with zero attached hydrogens (tertiary/aromatic N) is 1. The molecule has 1 N–H and O–H groups in total. The molecule has 0 unspecified atom stereocenters. The van der Waals surface area contributed by atoms with Crippen LogP contribution in [0.25, 0.3) is 0 Å². The van der Waals surface area contributed by atoms with Gasteiger partial charge < -0.3 is 4.74 Å². The highest BCUT2D eigenvalue weighted by Gasteiger charge is 2.48. The van der Waals surface area contributed by atoms with Crippen molar-refractivity contribution in [3.8, 4) is 0 Å². The highest BCUT2D eigenvalue weighted by atomic mass is 32.2. The minimum atomic E-state index is -0.742. The summed E-state index contributed by atoms with van der Waals surface area (Å²) in [7, 11) is 0. The molecule has 4 nitrogen and oxygen atoms in total. The second-order valence-electron chi connectivity index (χ2n) is 6.77. The number of thioether (sulfide) groups is 1. The van der Waals surface area contributed by atoms with Crippen molar-refractivity contribution >= 4 is 41.3 Å². The number of carbonyl (C=O) groups is 1. The van der Waals surface area contributed by atoms with Crippen LogP contribution in [0, 0.1) is 9.37 Å². The van der Waals surface area contributed by atoms with Crippen LogP contribution in [-0.4, -0.2) is 26.5 Å². The van der Waals surface area contributed by atoms with E-state index >= 15 is 0 Å². The van der Waals surface area contributed by atoms with E-state index in [0.717, 1.165) is 4.34 Å². The lowest BCUT2D eigenvalue weighted by atomic mass is 9.81. The summed E-state index contributed by atoms with van der Waals surface area (Å²) in [4.78, 5) is 12.6. The molecule has 0 bridgehead atoms. The van der Waals surface area contributed by atoms with E-state index in [9.17, 15) is 4.79 Å². The highest BCUT2D eigenvalue weighted by molar-refractivity contribution is 8.03. The van der Waals surface area contributed by atoms with E-state index in [4.69, 9.17) is 17.0 Å². The van der Waals surface area contributed by atoms with Gasteiger partial charge in [0.15, 0.2) is 8.29 Å². The smallest absolute Gasteiger partial charge is 0.323 e. The molecular formula is C13H22N2O2S3. The third-order valence-electron chi connectivity index (χ3n) is 2.93. The number of esters is 1. The number of aromatic nitrogens is 2. The van der Waals surface area contributed by atoms with E-state index < -0.39 is 10.3 Å². The van der Waals surface area contributed by atoms with Gasteiger partial charge in [-0.05, 0) is 45.3 Å². The van der Waals surface area contributed by atoms with Crippen molar-refractivity contribution in [3.05, 3.63) is 3.95 Å². The molecule has 114 valence electrons. The zero-order valence-electron chi connectivity index (χ0n) is 13.0. The van der Waals surface area contributed by atoms with E-state index in [-0.39, 0.29) is 11.4 Å². The number of hydrogen-bond acceptors (Lipinski definition) is 6. The van der Waals surface area contributed by atoms with Crippen molar-refractivity contribution in [1.82, 2.24) is 10.2 Å². The maximum Gasteiger partial charge on any atom is 0.323 e. The summed E-state index contributed by atoms with van der Waals surface area (Å²) in [5.41, 5.74) is -0.796. The Morgan fingerprint density at radius 3 is 2.15 bits per heavy atom. The van der Waals surface area contributed by atoms with E-state index in [2.05, 4.69) is 10.2 Å². The molecule has 1 aromatic rings. The Morgan fingerprint density at radius 1 is 1.25 bits per heavy atom. The number of nitrogens with one attached hydrogen (secondary N) is 1. The molecule has 0 aromatic carbocycles. The Bertz CT molecular complexity index is 537. The number of ether oxygens (including phenoxy) is 1. The Kier molecular flexibility index (Phi) is 5.09. The van der Waals surface area contributed by atoms with Crippen LogP contribution >= 0.6 is 35.3 Å². The van der Waals surface area contributed by atoms with Gasteiger partial charge in [-0.3, -0.25) is 9.89 Å². The summed E-state index contributed by atoms with van der Waals surface area (Å²) in [6.45, 7) is 13.6. The van der Waals surface area contributed by atoms with Crippen LogP contribution < -0.4 is 0 Å². The number of rotatable bonds is 3. The fraction of sp³-hybridized carbons (Fsp3) is 0.769. The van der Waals surface area contributed by atoms with Crippen molar-refractivity contribution in [1.29, 1.82) is 0 Å². The second kappa shape index (κ2) is 5.77. The average Bonchev–Trinajstić information content (AvgIpc) is 2.59. The predicted octanol–water partition coefficient (Wildman–Crippen LogP) is 4.44. The molecular weight excluding hydrogens is 312 g/mol. The topological polar surface area (TPSA) is 55.0 Å². The van der Waals surface area contributed by atoms with E-state index in [1.54, 1.807) is 0 Å². The molecule has 0 aliphatic carbocycles. The molecule has 0 spiro atoms. The average molecular weight is 335 g/mol. The Hall–Kier alpha value is -0.400. The van der Waals surface area contributed by atoms with Crippen LogP contribution in [0.2, 0.25) is 0 Å². The van der Waals surface area contributed by atoms with E-state index in [1.807, 2.05) is 48.5 Å². The summed E-state index contributed by atoms with van der Waals surface area (Å²) >= 11 is 7.81. The number of hydrogen-bond donors (Lipinski definition) is 1. The molecule has 1 atom stereocenters. The first-order chi connectivity index (χ1) is 8.85. The molecule has 20 heavy (non-hydrogen) atoms. The maximum absolute atomic E-state index is 12.6. The molecule has 1 heterocycles. The first-order valence-corrected chi connectivity index (χ1v) is 8.37. The highest BCUT2D eigenvalue weighted by Crippen LogP contribution is 2.47. The van der Waals surface area contributed by atoms with Crippen molar-refractivity contribution in [2.45, 2.75) is 63.2 Å². The molecule has 0 amide bonds. The molecule has 0 saturated carbocycles. The van der Waals surface area contributed by atoms with Gasteiger partial charge in [-0.1, -0.05) is 43.9 Å². The summed E-state index contributed by atoms with van der Waals surface area (Å²) in [5, 5.41) is 6.88. The maximum atomic E-state index is 12.6. The van der Waals surface area contributed by atoms with Gasteiger partial charge in [-0.25, -0.2) is 0 Å². The lowest BCUT2D eigenvalue weighted by Gasteiger charge is -2.39. The van der Waals surface area contributed by atoms with Crippen LogP contribution in [0.1, 0.15) is 48.5 Å². The van der Waals surface area contributed by atoms with Gasteiger partial charge in [0.05, 0.1) is 0 Å². The van der Waals surface area contributed by atoms with Crippen LogP contribution in [0.4, 0.5) is 0 Å². The summed E-state index contributed by atoms with van der Waals surface area (Å²) in [5.74, 6) is -0.233. The van der Waals surface area contributed by atoms with Gasteiger partial charge in [0.25, 0.3) is 0 Å². The Morgan fingerprint density at radius 2 is 1.80 bits per heavy atom. The van der Waals surface area contributed by atoms with Crippen LogP contribution in [0.15, 0.2) is 4.34 Å². The normalized spacial score (nSPS) is 15.8. The predicted molar refractivity (Wildman–Crippen MR) is 86.9 cm³/mol. The standard InChI is InChI=1S/C13H22N2O2S3/c1-11(2,3)13(7,8(16)17-12(4,5)6)20-10-15-14-9(18)19-10/h1-7H3,(H,14,18)/t13-/m0/s1. The minimum absolute atomic E-state index is 0.233. The fourth-order valence-electron chi connectivity index (χ4n) is 1.31. The van der Waals surface area contributed by atoms with Gasteiger partial charge in [0.2, 0.25) is 0 Å². The van der Waals surface area contributed by atoms with E-state index in [1.165, 1.54) is 23.1 Å². The SMILES string of the molecule is CC(C)(C)OC(=O)[C@](C)(Sc1n[nH]c(=S)s1)C(C)(C)C. The van der Waals surface area contributed by atoms with Crippen molar-refractivity contribution in [2.75, 3.05) is 0 Å². The van der Waals surface area contributed by atoms with Crippen molar-refractivity contribution in [2.24, 2.45) is 5.41 Å². The number of H-pyrrole nitrogens is 1. The first kappa shape index (κ1) is 17.7. The van der Waals surface area contributed by atoms with E-state index in [0.29, 0.717) is 3.95 Å². The Labute approximate surface area is 133 Å². The third kappa shape index (κ3) is 4.30. The molecule has 0 aliphatic rings. The van der Waals surface area contributed by atoms with Gasteiger partial charge in [0, 0.05) is 0 Å². The van der Waals surface area contributed by atoms with Gasteiger partial charge in [-0.15, -0.1) is 0 Å². The van der Waals surface area contributed by atoms with Crippen LogP contribution in [0.3, 0.4) is 0 Å². The summed E-state index contributed by atoms with van der Waals surface area (Å²) in [6.07, 6.45) is 0. The van der Waals surface area contributed by atoms with Crippen LogP contribution in [0.5, 0.6) is 0 Å². The molecule has 0 radical (unpaired) electrons. The Balaban J connectivity index is 3.10. The van der Waals surface area contributed by atoms with Crippen LogP contribution in [-0.2, 0) is 9.53 Å². The summed E-state index contributed by atoms with van der Waals surface area (Å²) in [6, 6.07) is 0. The zero-order chi connectivity index (χ0) is 15.8. The van der Waals surface area contributed by atoms with Gasteiger partial charge >= 0.3 is 5.97 Å². The second-order valence-corrected chi connectivity index (χ2v) is 10.1. The lowest BCUT2D eigenvalue weighted by Crippen LogP contribution is -2.47. The monoisotopic (exact) mass is 334 g/mol. The number of carbonyl (C=O) groups excluding carboxylic acids is 1. The molecule has 7 heteroatoms. The van der Waals surface area contributed by atoms with Gasteiger partial charge in [-0.2, -0.15) is 5.10 Å². The third-order valence-corrected chi connectivity index (χ3v) is 5.77. The zero-order valence-corrected chi connectivity index (χ0v) is 15.4. The minimum Gasteiger partial charge on any atom is -0.459 e. The fourth-order valence-corrected chi connectivity index (χ4v) is 3.88. The van der Waals surface area contributed by atoms with Gasteiger partial charge in [0.1, 0.15) is 10.3 Å². The lowest BCUT2D eigenvalue weighted by molar-refractivity contribution is -0.160. The summed E-state index contributed by atoms with van der Waals surface area (Å²) < 4.78 is 6.20. The molecule has 1 rings (SSSR count). The molecule has 0 aliphatic heterocycles. The van der Waals surface area contributed by atoms with Crippen molar-refractivity contribution < 1.29 is 9.53 Å². The molecule has 0 saturated heterocycles. The molecule has 0 fully saturated rings. The first-order valence-electron chi connectivity index (χ1n) is 6.33. The number of aromatic amines is 1.